The van der Waals surface area contributed by atoms with Gasteiger partial charge < -0.3 is 10.1 Å². The maximum absolute atomic E-state index is 11.8. The fourth-order valence-electron chi connectivity index (χ4n) is 1.86. The summed E-state index contributed by atoms with van der Waals surface area (Å²) in [4.78, 5) is 11.8. The molecule has 0 spiro atoms. The van der Waals surface area contributed by atoms with Gasteiger partial charge in [-0.3, -0.25) is 4.79 Å². The smallest absolute Gasteiger partial charge is 0.230 e. The van der Waals surface area contributed by atoms with Crippen molar-refractivity contribution in [1.82, 2.24) is 0 Å². The van der Waals surface area contributed by atoms with Crippen LogP contribution in [-0.4, -0.2) is 12.5 Å². The summed E-state index contributed by atoms with van der Waals surface area (Å²) in [7, 11) is 0. The van der Waals surface area contributed by atoms with E-state index in [1.807, 2.05) is 13.0 Å². The third-order valence-corrected chi connectivity index (χ3v) is 3.41. The molecule has 0 bridgehead atoms. The molecule has 1 aromatic carbocycles. The monoisotopic (exact) mass is 297 g/mol. The second-order valence-electron chi connectivity index (χ2n) is 4.41. The van der Waals surface area contributed by atoms with Gasteiger partial charge in [0.1, 0.15) is 0 Å². The van der Waals surface area contributed by atoms with Crippen LogP contribution < -0.4 is 10.1 Å². The van der Waals surface area contributed by atoms with Crippen molar-refractivity contribution in [3.63, 3.8) is 0 Å². The summed E-state index contributed by atoms with van der Waals surface area (Å²) in [6.07, 6.45) is 2.08. The van der Waals surface area contributed by atoms with Crippen molar-refractivity contribution >= 4 is 27.5 Å². The first-order valence-corrected chi connectivity index (χ1v) is 6.67. The average Bonchev–Trinajstić information content (AvgIpc) is 2.40. The number of ether oxygens (including phenoxy) is 1. The molecule has 1 aliphatic heterocycles. The lowest BCUT2D eigenvalue weighted by Gasteiger charge is -2.11. The van der Waals surface area contributed by atoms with Gasteiger partial charge in [-0.05, 0) is 40.0 Å². The molecule has 1 atom stereocenters. The van der Waals surface area contributed by atoms with Crippen molar-refractivity contribution in [2.75, 3.05) is 11.9 Å². The lowest BCUT2D eigenvalue weighted by Crippen LogP contribution is -2.22. The van der Waals surface area contributed by atoms with Crippen LogP contribution in [0.2, 0.25) is 0 Å². The molecule has 0 radical (unpaired) electrons. The highest BCUT2D eigenvalue weighted by Gasteiger charge is 2.22. The van der Waals surface area contributed by atoms with E-state index >= 15 is 0 Å². The third-order valence-electron chi connectivity index (χ3n) is 2.83. The Bertz CT molecular complexity index is 445. The Morgan fingerprint density at radius 3 is 3.00 bits per heavy atom. The van der Waals surface area contributed by atoms with Crippen LogP contribution in [0.5, 0.6) is 5.75 Å². The Balaban J connectivity index is 2.39. The van der Waals surface area contributed by atoms with Gasteiger partial charge in [0.05, 0.1) is 22.7 Å². The van der Waals surface area contributed by atoms with E-state index in [-0.39, 0.29) is 11.8 Å². The van der Waals surface area contributed by atoms with Gasteiger partial charge in [-0.1, -0.05) is 20.3 Å². The number of rotatable bonds is 2. The minimum Gasteiger partial charge on any atom is -0.489 e. The number of amides is 1. The third kappa shape index (κ3) is 2.63. The minimum atomic E-state index is -0.121. The summed E-state index contributed by atoms with van der Waals surface area (Å²) >= 11 is 3.50. The molecule has 3 nitrogen and oxygen atoms in total. The van der Waals surface area contributed by atoms with Crippen molar-refractivity contribution in [3.05, 3.63) is 22.2 Å². The Kier molecular flexibility index (Phi) is 3.72. The summed E-state index contributed by atoms with van der Waals surface area (Å²) < 4.78 is 6.57. The Labute approximate surface area is 110 Å². The molecule has 1 N–H and O–H groups in total. The Morgan fingerprint density at radius 2 is 2.29 bits per heavy atom. The molecule has 1 aliphatic rings. The molecule has 1 unspecified atom stereocenters. The summed E-state index contributed by atoms with van der Waals surface area (Å²) in [6, 6.07) is 4.06. The SMILES string of the molecule is CCCc1cc(Br)c2c(c1)NC(=O)C(C)CO2. The van der Waals surface area contributed by atoms with Crippen molar-refractivity contribution in [2.24, 2.45) is 5.92 Å². The second-order valence-corrected chi connectivity index (χ2v) is 5.26. The minimum absolute atomic E-state index is 0.0179. The first-order chi connectivity index (χ1) is 8.11. The predicted octanol–water partition coefficient (Wildman–Crippen LogP) is 3.37. The van der Waals surface area contributed by atoms with E-state index < -0.39 is 0 Å². The largest absolute Gasteiger partial charge is 0.489 e. The van der Waals surface area contributed by atoms with Gasteiger partial charge in [-0.25, -0.2) is 0 Å². The normalized spacial score (nSPS) is 19.0. The fourth-order valence-corrected chi connectivity index (χ4v) is 2.48. The van der Waals surface area contributed by atoms with E-state index in [1.54, 1.807) is 0 Å². The molecule has 1 aromatic rings. The summed E-state index contributed by atoms with van der Waals surface area (Å²) in [5.74, 6) is 0.635. The Hall–Kier alpha value is -1.03. The van der Waals surface area contributed by atoms with E-state index in [0.717, 1.165) is 28.8 Å². The van der Waals surface area contributed by atoms with Crippen molar-refractivity contribution < 1.29 is 9.53 Å². The number of fused-ring (bicyclic) bond motifs is 1. The van der Waals surface area contributed by atoms with Crippen LogP contribution in [0.3, 0.4) is 0 Å². The number of hydrogen-bond donors (Lipinski definition) is 1. The lowest BCUT2D eigenvalue weighted by molar-refractivity contribution is -0.119. The zero-order chi connectivity index (χ0) is 12.4. The zero-order valence-electron chi connectivity index (χ0n) is 10.0. The van der Waals surface area contributed by atoms with E-state index in [4.69, 9.17) is 4.74 Å². The van der Waals surface area contributed by atoms with Crippen LogP contribution in [0.1, 0.15) is 25.8 Å². The molecule has 1 heterocycles. The quantitative estimate of drug-likeness (QED) is 0.909. The molecule has 17 heavy (non-hydrogen) atoms. The molecule has 4 heteroatoms. The van der Waals surface area contributed by atoms with Crippen molar-refractivity contribution in [1.29, 1.82) is 0 Å². The molecule has 0 saturated heterocycles. The number of carbonyl (C=O) groups excluding carboxylic acids is 1. The molecule has 1 amide bonds. The molecule has 0 saturated carbocycles. The highest BCUT2D eigenvalue weighted by molar-refractivity contribution is 9.10. The molecule has 0 aliphatic carbocycles. The predicted molar refractivity (Wildman–Crippen MR) is 71.4 cm³/mol. The number of halogens is 1. The topological polar surface area (TPSA) is 38.3 Å². The van der Waals surface area contributed by atoms with Crippen LogP contribution in [0, 0.1) is 5.92 Å². The number of anilines is 1. The van der Waals surface area contributed by atoms with Crippen molar-refractivity contribution in [2.45, 2.75) is 26.7 Å². The van der Waals surface area contributed by atoms with Gasteiger partial charge in [0.25, 0.3) is 0 Å². The lowest BCUT2D eigenvalue weighted by atomic mass is 10.1. The van der Waals surface area contributed by atoms with Crippen LogP contribution in [-0.2, 0) is 11.2 Å². The van der Waals surface area contributed by atoms with Crippen molar-refractivity contribution in [3.8, 4) is 5.75 Å². The van der Waals surface area contributed by atoms with Gasteiger partial charge in [0.2, 0.25) is 5.91 Å². The van der Waals surface area contributed by atoms with E-state index in [9.17, 15) is 4.79 Å². The molecule has 92 valence electrons. The standard InChI is InChI=1S/C13H16BrNO2/c1-3-4-9-5-10(14)12-11(6-9)15-13(16)8(2)7-17-12/h5-6,8H,3-4,7H2,1-2H3,(H,15,16). The maximum atomic E-state index is 11.8. The molecular weight excluding hydrogens is 282 g/mol. The van der Waals surface area contributed by atoms with E-state index in [2.05, 4.69) is 34.2 Å². The van der Waals surface area contributed by atoms with Crippen LogP contribution in [0.25, 0.3) is 0 Å². The average molecular weight is 298 g/mol. The molecule has 0 aromatic heterocycles. The zero-order valence-corrected chi connectivity index (χ0v) is 11.6. The fraction of sp³-hybridized carbons (Fsp3) is 0.462. The first-order valence-electron chi connectivity index (χ1n) is 5.88. The summed E-state index contributed by atoms with van der Waals surface area (Å²) in [5.41, 5.74) is 1.98. The molecular formula is C13H16BrNO2. The second kappa shape index (κ2) is 5.08. The summed E-state index contributed by atoms with van der Waals surface area (Å²) in [6.45, 7) is 4.42. The van der Waals surface area contributed by atoms with Crippen LogP contribution in [0.4, 0.5) is 5.69 Å². The number of carbonyl (C=O) groups is 1. The summed E-state index contributed by atoms with van der Waals surface area (Å²) in [5, 5.41) is 2.92. The van der Waals surface area contributed by atoms with Gasteiger partial charge >= 0.3 is 0 Å². The first kappa shape index (κ1) is 12.4. The molecule has 0 fully saturated rings. The maximum Gasteiger partial charge on any atom is 0.230 e. The van der Waals surface area contributed by atoms with Gasteiger partial charge in [-0.2, -0.15) is 0 Å². The number of benzene rings is 1. The highest BCUT2D eigenvalue weighted by atomic mass is 79.9. The van der Waals surface area contributed by atoms with E-state index in [0.29, 0.717) is 6.61 Å². The Morgan fingerprint density at radius 1 is 1.53 bits per heavy atom. The van der Waals surface area contributed by atoms with Gasteiger partial charge in [0.15, 0.2) is 5.75 Å². The number of aryl methyl sites for hydroxylation is 1. The van der Waals surface area contributed by atoms with Gasteiger partial charge in [-0.15, -0.1) is 0 Å². The highest BCUT2D eigenvalue weighted by Crippen LogP contribution is 2.37. The van der Waals surface area contributed by atoms with Gasteiger partial charge in [0, 0.05) is 0 Å². The van der Waals surface area contributed by atoms with Crippen LogP contribution >= 0.6 is 15.9 Å². The van der Waals surface area contributed by atoms with Crippen LogP contribution in [0.15, 0.2) is 16.6 Å². The number of nitrogens with one attached hydrogen (secondary N) is 1. The van der Waals surface area contributed by atoms with E-state index in [1.165, 1.54) is 5.56 Å². The molecule has 2 rings (SSSR count). The number of hydrogen-bond acceptors (Lipinski definition) is 2.